The minimum absolute atomic E-state index is 0.237. The second-order valence-corrected chi connectivity index (χ2v) is 6.40. The molecule has 1 aromatic rings. The monoisotopic (exact) mass is 344 g/mol. The predicted molar refractivity (Wildman–Crippen MR) is 93.8 cm³/mol. The first-order valence-electron chi connectivity index (χ1n) is 8.54. The number of aryl methyl sites for hydroxylation is 2. The van der Waals surface area contributed by atoms with E-state index in [4.69, 9.17) is 9.47 Å². The quantitative estimate of drug-likeness (QED) is 0.755. The van der Waals surface area contributed by atoms with E-state index in [9.17, 15) is 9.59 Å². The first-order valence-corrected chi connectivity index (χ1v) is 8.54. The number of ether oxygens (including phenoxy) is 2. The molecule has 1 saturated heterocycles. The van der Waals surface area contributed by atoms with E-state index >= 15 is 0 Å². The molecule has 25 heavy (non-hydrogen) atoms. The van der Waals surface area contributed by atoms with Crippen LogP contribution in [-0.2, 0) is 19.1 Å². The topological polar surface area (TPSA) is 59.1 Å². The zero-order valence-corrected chi connectivity index (χ0v) is 15.0. The van der Waals surface area contributed by atoms with Crippen molar-refractivity contribution in [3.63, 3.8) is 0 Å². The fourth-order valence-corrected chi connectivity index (χ4v) is 3.37. The van der Waals surface area contributed by atoms with E-state index < -0.39 is 0 Å². The Labute approximate surface area is 148 Å². The summed E-state index contributed by atoms with van der Waals surface area (Å²) in [5.41, 5.74) is 3.94. The molecule has 2 aliphatic heterocycles. The number of benzene rings is 1. The van der Waals surface area contributed by atoms with Crippen LogP contribution in [-0.4, -0.2) is 68.2 Å². The van der Waals surface area contributed by atoms with E-state index in [1.165, 1.54) is 4.90 Å². The lowest BCUT2D eigenvalue weighted by molar-refractivity contribution is -0.138. The van der Waals surface area contributed by atoms with Crippen LogP contribution in [0.4, 0.5) is 0 Å². The maximum Gasteiger partial charge on any atom is 0.277 e. The molecule has 134 valence electrons. The van der Waals surface area contributed by atoms with Crippen molar-refractivity contribution in [2.45, 2.75) is 13.8 Å². The summed E-state index contributed by atoms with van der Waals surface area (Å²) in [4.78, 5) is 29.3. The van der Waals surface area contributed by atoms with Gasteiger partial charge >= 0.3 is 0 Å². The number of methoxy groups -OCH3 is 1. The number of carbonyl (C=O) groups excluding carboxylic acids is 2. The number of amides is 2. The van der Waals surface area contributed by atoms with E-state index in [1.54, 1.807) is 7.11 Å². The smallest absolute Gasteiger partial charge is 0.277 e. The molecule has 0 N–H and O–H groups in total. The van der Waals surface area contributed by atoms with Crippen molar-refractivity contribution in [1.82, 2.24) is 9.80 Å². The van der Waals surface area contributed by atoms with Gasteiger partial charge in [0.1, 0.15) is 5.70 Å². The SMILES string of the molecule is COCCN1C(=O)C(c2ccc(C)cc2C)=C(N2CCOCC2)C1=O. The third kappa shape index (κ3) is 3.32. The fraction of sp³-hybridized carbons (Fsp3) is 0.474. The highest BCUT2D eigenvalue weighted by Crippen LogP contribution is 2.33. The summed E-state index contributed by atoms with van der Waals surface area (Å²) in [6.07, 6.45) is 0. The van der Waals surface area contributed by atoms with Gasteiger partial charge in [-0.3, -0.25) is 14.5 Å². The van der Waals surface area contributed by atoms with Crippen LogP contribution in [0.15, 0.2) is 23.9 Å². The normalized spacial score (nSPS) is 18.5. The third-order valence-corrected chi connectivity index (χ3v) is 4.64. The van der Waals surface area contributed by atoms with Gasteiger partial charge in [0.2, 0.25) is 0 Å². The van der Waals surface area contributed by atoms with Crippen LogP contribution in [0.3, 0.4) is 0 Å². The molecule has 0 unspecified atom stereocenters. The second-order valence-electron chi connectivity index (χ2n) is 6.40. The molecule has 0 bridgehead atoms. The van der Waals surface area contributed by atoms with Crippen LogP contribution in [0.2, 0.25) is 0 Å². The summed E-state index contributed by atoms with van der Waals surface area (Å²) in [5.74, 6) is -0.477. The Morgan fingerprint density at radius 3 is 2.48 bits per heavy atom. The molecular weight excluding hydrogens is 320 g/mol. The van der Waals surface area contributed by atoms with Gasteiger partial charge in [-0.15, -0.1) is 0 Å². The number of carbonyl (C=O) groups is 2. The minimum atomic E-state index is -0.240. The highest BCUT2D eigenvalue weighted by molar-refractivity contribution is 6.35. The van der Waals surface area contributed by atoms with Crippen LogP contribution in [0.1, 0.15) is 16.7 Å². The molecule has 0 spiro atoms. The molecule has 1 aromatic carbocycles. The Bertz CT molecular complexity index is 720. The highest BCUT2D eigenvalue weighted by Gasteiger charge is 2.41. The predicted octanol–water partition coefficient (Wildman–Crippen LogP) is 1.36. The van der Waals surface area contributed by atoms with Crippen LogP contribution < -0.4 is 0 Å². The zero-order chi connectivity index (χ0) is 18.0. The van der Waals surface area contributed by atoms with Crippen molar-refractivity contribution < 1.29 is 19.1 Å². The third-order valence-electron chi connectivity index (χ3n) is 4.64. The number of hydrogen-bond donors (Lipinski definition) is 0. The number of nitrogens with zero attached hydrogens (tertiary/aromatic N) is 2. The summed E-state index contributed by atoms with van der Waals surface area (Å²) < 4.78 is 10.5. The van der Waals surface area contributed by atoms with Gasteiger partial charge < -0.3 is 14.4 Å². The van der Waals surface area contributed by atoms with Gasteiger partial charge in [0.05, 0.1) is 31.9 Å². The average Bonchev–Trinajstić information content (AvgIpc) is 2.84. The number of rotatable bonds is 5. The number of morpholine rings is 1. The summed E-state index contributed by atoms with van der Waals surface area (Å²) in [7, 11) is 1.56. The lowest BCUT2D eigenvalue weighted by Crippen LogP contribution is -2.41. The second kappa shape index (κ2) is 7.37. The number of imide groups is 1. The lowest BCUT2D eigenvalue weighted by Gasteiger charge is -2.29. The Hall–Kier alpha value is -2.18. The first-order chi connectivity index (χ1) is 12.0. The maximum atomic E-state index is 13.0. The Kier molecular flexibility index (Phi) is 5.20. The summed E-state index contributed by atoms with van der Waals surface area (Å²) >= 11 is 0. The Morgan fingerprint density at radius 1 is 1.12 bits per heavy atom. The highest BCUT2D eigenvalue weighted by atomic mass is 16.5. The molecule has 6 heteroatoms. The molecule has 0 aliphatic carbocycles. The average molecular weight is 344 g/mol. The van der Waals surface area contributed by atoms with Crippen molar-refractivity contribution in [2.75, 3.05) is 46.6 Å². The molecule has 2 aliphatic rings. The van der Waals surface area contributed by atoms with Gasteiger partial charge in [-0.25, -0.2) is 0 Å². The van der Waals surface area contributed by atoms with Crippen LogP contribution in [0, 0.1) is 13.8 Å². The molecule has 0 atom stereocenters. The molecule has 6 nitrogen and oxygen atoms in total. The van der Waals surface area contributed by atoms with Crippen LogP contribution >= 0.6 is 0 Å². The van der Waals surface area contributed by atoms with Gasteiger partial charge in [0, 0.05) is 20.2 Å². The van der Waals surface area contributed by atoms with E-state index in [1.807, 2.05) is 36.9 Å². The molecule has 2 amide bonds. The van der Waals surface area contributed by atoms with Gasteiger partial charge in [0.25, 0.3) is 11.8 Å². The molecule has 3 rings (SSSR count). The van der Waals surface area contributed by atoms with Gasteiger partial charge in [-0.2, -0.15) is 0 Å². The van der Waals surface area contributed by atoms with E-state index in [2.05, 4.69) is 0 Å². The minimum Gasteiger partial charge on any atom is -0.383 e. The number of hydrogen-bond acceptors (Lipinski definition) is 5. The Balaban J connectivity index is 2.07. The van der Waals surface area contributed by atoms with E-state index in [-0.39, 0.29) is 18.4 Å². The molecule has 0 radical (unpaired) electrons. The van der Waals surface area contributed by atoms with Crippen molar-refractivity contribution in [1.29, 1.82) is 0 Å². The van der Waals surface area contributed by atoms with Crippen LogP contribution in [0.25, 0.3) is 5.57 Å². The fourth-order valence-electron chi connectivity index (χ4n) is 3.37. The van der Waals surface area contributed by atoms with Crippen molar-refractivity contribution in [2.24, 2.45) is 0 Å². The van der Waals surface area contributed by atoms with Crippen molar-refractivity contribution >= 4 is 17.4 Å². The zero-order valence-electron chi connectivity index (χ0n) is 15.0. The lowest BCUT2D eigenvalue weighted by atomic mass is 9.97. The van der Waals surface area contributed by atoms with E-state index in [0.29, 0.717) is 44.2 Å². The summed E-state index contributed by atoms with van der Waals surface area (Å²) in [6, 6.07) is 5.95. The molecule has 1 fully saturated rings. The standard InChI is InChI=1S/C19H24N2O4/c1-13-4-5-15(14(2)12-13)16-17(20-6-10-25-11-7-20)19(23)21(18(16)22)8-9-24-3/h4-5,12H,6-11H2,1-3H3. The summed E-state index contributed by atoms with van der Waals surface area (Å²) in [6.45, 7) is 6.92. The molecule has 0 aromatic heterocycles. The van der Waals surface area contributed by atoms with Crippen molar-refractivity contribution in [3.8, 4) is 0 Å². The molecular formula is C19H24N2O4. The van der Waals surface area contributed by atoms with Crippen molar-refractivity contribution in [3.05, 3.63) is 40.6 Å². The first kappa shape index (κ1) is 17.6. The largest absolute Gasteiger partial charge is 0.383 e. The maximum absolute atomic E-state index is 13.0. The van der Waals surface area contributed by atoms with Gasteiger partial charge in [0.15, 0.2) is 0 Å². The molecule has 0 saturated carbocycles. The van der Waals surface area contributed by atoms with Crippen LogP contribution in [0.5, 0.6) is 0 Å². The Morgan fingerprint density at radius 2 is 1.84 bits per heavy atom. The molecule has 2 heterocycles. The summed E-state index contributed by atoms with van der Waals surface area (Å²) in [5, 5.41) is 0. The van der Waals surface area contributed by atoms with Gasteiger partial charge in [-0.1, -0.05) is 23.8 Å². The van der Waals surface area contributed by atoms with E-state index in [0.717, 1.165) is 16.7 Å². The van der Waals surface area contributed by atoms with Gasteiger partial charge in [-0.05, 0) is 25.0 Å².